The molecule has 0 saturated carbocycles. The highest BCUT2D eigenvalue weighted by Crippen LogP contribution is 0.902. The number of hydrogen-bond acceptors (Lipinski definition) is 0. The van der Waals surface area contributed by atoms with Crippen molar-refractivity contribution in [1.82, 2.24) is 0 Å². The first-order valence-electron chi connectivity index (χ1n) is 0.516. The topological polar surface area (TPSA) is 36.4 Å². The van der Waals surface area contributed by atoms with Gasteiger partial charge in [0.2, 0.25) is 6.72 Å². The summed E-state index contributed by atoms with van der Waals surface area (Å²) in [6.45, 7) is 2.67. The molecular formula is CH4N2S. The van der Waals surface area contributed by atoms with Gasteiger partial charge in [0.05, 0.1) is 0 Å². The van der Waals surface area contributed by atoms with Crippen molar-refractivity contribution in [3.63, 3.8) is 0 Å². The normalized spacial score (nSPS) is 2.00. The van der Waals surface area contributed by atoms with Gasteiger partial charge in [-0.3, -0.25) is 0 Å². The summed E-state index contributed by atoms with van der Waals surface area (Å²) in [5, 5.41) is 0. The Hall–Kier alpha value is -0.270. The van der Waals surface area contributed by atoms with Crippen molar-refractivity contribution >= 4 is 20.2 Å². The molecule has 4 heavy (non-hydrogen) atoms. The van der Waals surface area contributed by atoms with Gasteiger partial charge in [-0.25, -0.2) is 0 Å². The molecule has 0 aliphatic rings. The predicted octanol–water partition coefficient (Wildman–Crippen LogP) is 0.0296. The van der Waals surface area contributed by atoms with Gasteiger partial charge in [0.25, 0.3) is 0 Å². The standard InChI is InChI=1S/CH2N2.H2S/c1-3-2;/h1H2;1H2. The monoisotopic (exact) mass is 76.0 g/mol. The van der Waals surface area contributed by atoms with E-state index in [0.29, 0.717) is 0 Å². The van der Waals surface area contributed by atoms with Crippen molar-refractivity contribution in [3.8, 4) is 0 Å². The Morgan fingerprint density at radius 2 is 1.75 bits per heavy atom. The quantitative estimate of drug-likeness (QED) is 0.222. The lowest BCUT2D eigenvalue weighted by atomic mass is 11.8. The van der Waals surface area contributed by atoms with Crippen LogP contribution in [0.5, 0.6) is 0 Å². The van der Waals surface area contributed by atoms with Crippen LogP contribution in [0.4, 0.5) is 0 Å². The van der Waals surface area contributed by atoms with E-state index in [9.17, 15) is 0 Å². The maximum Gasteiger partial charge on any atom is 0.245 e. The van der Waals surface area contributed by atoms with Crippen LogP contribution in [0.25, 0.3) is 5.53 Å². The van der Waals surface area contributed by atoms with Crippen LogP contribution in [0.2, 0.25) is 0 Å². The number of rotatable bonds is 0. The maximum absolute atomic E-state index is 7.08. The first-order valence-corrected chi connectivity index (χ1v) is 0.516. The Labute approximate surface area is 31.5 Å². The van der Waals surface area contributed by atoms with Gasteiger partial charge in [-0.05, 0) is 0 Å². The molecule has 0 aliphatic carbocycles. The Balaban J connectivity index is 0. The van der Waals surface area contributed by atoms with Gasteiger partial charge in [-0.2, -0.15) is 18.3 Å². The number of hydrogen-bond donors (Lipinski definition) is 0. The predicted molar refractivity (Wildman–Crippen MR) is 21.1 cm³/mol. The van der Waals surface area contributed by atoms with Crippen LogP contribution in [0.3, 0.4) is 0 Å². The van der Waals surface area contributed by atoms with Gasteiger partial charge < -0.3 is 5.53 Å². The average Bonchev–Trinajstić information content (AvgIpc) is 0.918. The van der Waals surface area contributed by atoms with Crippen LogP contribution in [-0.4, -0.2) is 11.5 Å². The van der Waals surface area contributed by atoms with Gasteiger partial charge in [-0.1, -0.05) is 0 Å². The van der Waals surface area contributed by atoms with Crippen molar-refractivity contribution < 1.29 is 4.79 Å². The summed E-state index contributed by atoms with van der Waals surface area (Å²) in [6.07, 6.45) is 0. The minimum atomic E-state index is 0. The smallest absolute Gasteiger partial charge is 0.245 e. The van der Waals surface area contributed by atoms with E-state index in [1.807, 2.05) is 0 Å². The molecule has 0 aromatic rings. The van der Waals surface area contributed by atoms with E-state index in [2.05, 4.69) is 11.5 Å². The molecule has 0 rings (SSSR count). The SMILES string of the molecule is C=[N+]=[N-].S. The Kier molecular flexibility index (Phi) is 35.6. The second-order valence-electron chi connectivity index (χ2n) is 0.141. The van der Waals surface area contributed by atoms with E-state index in [1.54, 1.807) is 0 Å². The molecular weight excluding hydrogens is 72.1 g/mol. The fraction of sp³-hybridized carbons (Fsp3) is 0. The van der Waals surface area contributed by atoms with E-state index in [-0.39, 0.29) is 13.5 Å². The van der Waals surface area contributed by atoms with E-state index in [4.69, 9.17) is 5.53 Å². The summed E-state index contributed by atoms with van der Waals surface area (Å²) in [7, 11) is 0. The molecule has 0 aromatic carbocycles. The summed E-state index contributed by atoms with van der Waals surface area (Å²) in [5.41, 5.74) is 7.08. The van der Waals surface area contributed by atoms with Crippen LogP contribution < -0.4 is 0 Å². The first-order chi connectivity index (χ1) is 1.41. The maximum atomic E-state index is 7.08. The van der Waals surface area contributed by atoms with Crippen molar-refractivity contribution in [2.75, 3.05) is 0 Å². The van der Waals surface area contributed by atoms with Gasteiger partial charge in [0.15, 0.2) is 0 Å². The molecule has 0 aromatic heterocycles. The summed E-state index contributed by atoms with van der Waals surface area (Å²) in [5.74, 6) is 0. The molecule has 0 heterocycles. The summed E-state index contributed by atoms with van der Waals surface area (Å²) in [4.78, 5) is 2.25. The second-order valence-corrected chi connectivity index (χ2v) is 0.141. The molecule has 0 N–H and O–H groups in total. The zero-order valence-electron chi connectivity index (χ0n) is 2.10. The molecule has 0 radical (unpaired) electrons. The minimum absolute atomic E-state index is 0. The lowest BCUT2D eigenvalue weighted by Crippen LogP contribution is -1.21. The molecule has 0 aliphatic heterocycles. The van der Waals surface area contributed by atoms with Gasteiger partial charge in [-0.15, -0.1) is 0 Å². The molecule has 0 unspecified atom stereocenters. The third-order valence-corrected chi connectivity index (χ3v) is 0. The highest BCUT2D eigenvalue weighted by Gasteiger charge is 0.932. The Morgan fingerprint density at radius 1 is 1.75 bits per heavy atom. The average molecular weight is 76.1 g/mol. The van der Waals surface area contributed by atoms with Crippen LogP contribution in [0.1, 0.15) is 0 Å². The first kappa shape index (κ1) is 9.29. The molecule has 0 amide bonds. The minimum Gasteiger partial charge on any atom is -0.362 e. The molecule has 0 saturated heterocycles. The van der Waals surface area contributed by atoms with Crippen LogP contribution in [0, 0.1) is 0 Å². The van der Waals surface area contributed by atoms with Gasteiger partial charge in [0, 0.05) is 0 Å². The zero-order valence-corrected chi connectivity index (χ0v) is 3.10. The van der Waals surface area contributed by atoms with Gasteiger partial charge in [0.1, 0.15) is 0 Å². The highest BCUT2D eigenvalue weighted by molar-refractivity contribution is 7.59. The van der Waals surface area contributed by atoms with Crippen molar-refractivity contribution in [2.45, 2.75) is 0 Å². The van der Waals surface area contributed by atoms with Crippen molar-refractivity contribution in [1.29, 1.82) is 0 Å². The molecule has 0 spiro atoms. The van der Waals surface area contributed by atoms with Crippen LogP contribution >= 0.6 is 13.5 Å². The summed E-state index contributed by atoms with van der Waals surface area (Å²) in [6, 6.07) is 0. The van der Waals surface area contributed by atoms with E-state index in [1.165, 1.54) is 0 Å². The fourth-order valence-electron chi connectivity index (χ4n) is 0. The largest absolute Gasteiger partial charge is 0.362 e. The lowest BCUT2D eigenvalue weighted by Gasteiger charge is -1.16. The zero-order chi connectivity index (χ0) is 2.71. The summed E-state index contributed by atoms with van der Waals surface area (Å²) < 4.78 is 0. The molecule has 0 fully saturated rings. The fourth-order valence-corrected chi connectivity index (χ4v) is 0. The third-order valence-electron chi connectivity index (χ3n) is 0. The van der Waals surface area contributed by atoms with E-state index in [0.717, 1.165) is 0 Å². The highest BCUT2D eigenvalue weighted by atomic mass is 32.1. The van der Waals surface area contributed by atoms with Gasteiger partial charge >= 0.3 is 0 Å². The molecule has 0 atom stereocenters. The van der Waals surface area contributed by atoms with E-state index < -0.39 is 0 Å². The third kappa shape index (κ3) is 12.6. The van der Waals surface area contributed by atoms with Crippen molar-refractivity contribution in [3.05, 3.63) is 5.53 Å². The molecule has 2 nitrogen and oxygen atoms in total. The Bertz CT molecular complexity index is 27.0. The van der Waals surface area contributed by atoms with Crippen LogP contribution in [0.15, 0.2) is 0 Å². The number of nitrogens with zero attached hydrogens (tertiary/aromatic N) is 2. The molecule has 0 bridgehead atoms. The van der Waals surface area contributed by atoms with Crippen LogP contribution in [-0.2, 0) is 0 Å². The van der Waals surface area contributed by atoms with E-state index >= 15 is 0 Å². The van der Waals surface area contributed by atoms with Crippen molar-refractivity contribution in [2.24, 2.45) is 0 Å². The lowest BCUT2D eigenvalue weighted by molar-refractivity contribution is 0.0110. The molecule has 3 heteroatoms. The molecule has 24 valence electrons. The second kappa shape index (κ2) is 15.3. The summed E-state index contributed by atoms with van der Waals surface area (Å²) >= 11 is 0. The Morgan fingerprint density at radius 3 is 1.75 bits per heavy atom.